The predicted octanol–water partition coefficient (Wildman–Crippen LogP) is 6.64. The predicted molar refractivity (Wildman–Crippen MR) is 125 cm³/mol. The molecule has 0 aromatic heterocycles. The highest BCUT2D eigenvalue weighted by atomic mass is 79.9. The fourth-order valence-electron chi connectivity index (χ4n) is 9.67. The van der Waals surface area contributed by atoms with E-state index in [0.717, 1.165) is 54.5 Å². The molecule has 2 saturated heterocycles. The molecular formula is C27H39BrO3. The number of allylic oxidation sites excluding steroid dienone is 1. The molecular weight excluding hydrogens is 452 g/mol. The van der Waals surface area contributed by atoms with Crippen LogP contribution in [0.1, 0.15) is 85.5 Å². The second-order valence-corrected chi connectivity index (χ2v) is 13.4. The van der Waals surface area contributed by atoms with E-state index >= 15 is 0 Å². The van der Waals surface area contributed by atoms with Gasteiger partial charge in [-0.2, -0.15) is 0 Å². The highest BCUT2D eigenvalue weighted by Gasteiger charge is 2.68. The Hall–Kier alpha value is -0.190. The number of hydrogen-bond donors (Lipinski definition) is 0. The van der Waals surface area contributed by atoms with Gasteiger partial charge in [0, 0.05) is 18.8 Å². The zero-order valence-electron chi connectivity index (χ0n) is 19.7. The van der Waals surface area contributed by atoms with Crippen molar-refractivity contribution in [1.82, 2.24) is 0 Å². The first-order valence-corrected chi connectivity index (χ1v) is 13.7. The summed E-state index contributed by atoms with van der Waals surface area (Å²) in [6.45, 7) is 10.7. The number of rotatable bonds is 0. The molecule has 0 aromatic rings. The van der Waals surface area contributed by atoms with Crippen LogP contribution in [0.3, 0.4) is 0 Å². The van der Waals surface area contributed by atoms with E-state index in [4.69, 9.17) is 9.47 Å². The molecule has 1 spiro atoms. The number of fused-ring (bicyclic) bond motifs is 7. The maximum atomic E-state index is 12.4. The third kappa shape index (κ3) is 2.74. The van der Waals surface area contributed by atoms with Gasteiger partial charge in [-0.15, -0.1) is 0 Å². The largest absolute Gasteiger partial charge is 0.349 e. The molecule has 0 N–H and O–H groups in total. The van der Waals surface area contributed by atoms with Gasteiger partial charge < -0.3 is 9.47 Å². The first kappa shape index (κ1) is 21.4. The highest BCUT2D eigenvalue weighted by molar-refractivity contribution is 9.12. The van der Waals surface area contributed by atoms with Crippen LogP contribution in [0, 0.1) is 46.3 Å². The molecule has 31 heavy (non-hydrogen) atoms. The van der Waals surface area contributed by atoms with E-state index in [-0.39, 0.29) is 11.2 Å². The van der Waals surface area contributed by atoms with Crippen molar-refractivity contribution in [1.29, 1.82) is 0 Å². The maximum Gasteiger partial charge on any atom is 0.171 e. The lowest BCUT2D eigenvalue weighted by Gasteiger charge is -2.59. The fourth-order valence-corrected chi connectivity index (χ4v) is 10.5. The Labute approximate surface area is 196 Å². The van der Waals surface area contributed by atoms with Gasteiger partial charge in [0.05, 0.1) is 17.2 Å². The Morgan fingerprint density at radius 1 is 1.00 bits per heavy atom. The zero-order chi connectivity index (χ0) is 21.8. The monoisotopic (exact) mass is 490 g/mol. The second-order valence-electron chi connectivity index (χ2n) is 12.6. The minimum absolute atomic E-state index is 0.213. The summed E-state index contributed by atoms with van der Waals surface area (Å²) in [5.41, 5.74) is 2.03. The lowest BCUT2D eigenvalue weighted by Crippen LogP contribution is -2.52. The molecule has 2 aliphatic heterocycles. The van der Waals surface area contributed by atoms with Crippen molar-refractivity contribution in [2.24, 2.45) is 46.3 Å². The summed E-state index contributed by atoms with van der Waals surface area (Å²) >= 11 is 3.70. The Morgan fingerprint density at radius 2 is 1.81 bits per heavy atom. The van der Waals surface area contributed by atoms with Crippen LogP contribution in [-0.2, 0) is 14.3 Å². The number of hydrogen-bond acceptors (Lipinski definition) is 3. The first-order valence-electron chi connectivity index (χ1n) is 12.9. The number of carbonyl (C=O) groups is 1. The molecule has 4 aliphatic carbocycles. The molecule has 0 aromatic carbocycles. The second kappa shape index (κ2) is 6.92. The summed E-state index contributed by atoms with van der Waals surface area (Å²) in [6.07, 6.45) is 10.7. The summed E-state index contributed by atoms with van der Waals surface area (Å²) in [6, 6.07) is 0. The van der Waals surface area contributed by atoms with Crippen molar-refractivity contribution in [2.75, 3.05) is 6.61 Å². The molecule has 6 aliphatic rings. The number of ketones is 1. The minimum atomic E-state index is -0.310. The molecule has 3 nitrogen and oxygen atoms in total. The van der Waals surface area contributed by atoms with Crippen molar-refractivity contribution in [3.05, 3.63) is 10.1 Å². The van der Waals surface area contributed by atoms with Crippen LogP contribution in [0.2, 0.25) is 0 Å². The van der Waals surface area contributed by atoms with Crippen molar-refractivity contribution in [3.8, 4) is 0 Å². The molecule has 4 heteroatoms. The fraction of sp³-hybridized carbons (Fsp3) is 0.889. The maximum absolute atomic E-state index is 12.4. The van der Waals surface area contributed by atoms with Gasteiger partial charge in [-0.3, -0.25) is 4.79 Å². The van der Waals surface area contributed by atoms with Crippen LogP contribution in [0.5, 0.6) is 0 Å². The van der Waals surface area contributed by atoms with E-state index in [0.29, 0.717) is 35.1 Å². The Morgan fingerprint density at radius 3 is 2.55 bits per heavy atom. The first-order chi connectivity index (χ1) is 14.7. The molecule has 2 heterocycles. The SMILES string of the molecule is C[C@@H]1CC[C@@]2(OC1)O[C@@H]1C[C@H]3[C@@H]4CCC5=C(Br)C(=O)CC[C@]5(C)[C@H]4CC[C@]3(C)C1[C@@H]2C. The van der Waals surface area contributed by atoms with Crippen LogP contribution < -0.4 is 0 Å². The van der Waals surface area contributed by atoms with E-state index in [1.165, 1.54) is 37.7 Å². The standard InChI is InChI=1S/C27H39BrO3/c1-15-7-12-27(30-14-15)16(2)23-22(31-27)13-20-17-5-6-19-24(28)21(29)9-11-25(19,3)18(17)8-10-26(20,23)4/h15-18,20,22-23H,5-14H2,1-4H3/t15-,16+,17-,18+,20+,22-,23?,25-,26+,27-/m1/s1. The molecule has 3 saturated carbocycles. The average Bonchev–Trinajstić information content (AvgIpc) is 3.18. The van der Waals surface area contributed by atoms with Crippen molar-refractivity contribution >= 4 is 21.7 Å². The summed E-state index contributed by atoms with van der Waals surface area (Å²) in [4.78, 5) is 12.4. The van der Waals surface area contributed by atoms with Crippen LogP contribution >= 0.6 is 15.9 Å². The van der Waals surface area contributed by atoms with E-state index in [1.807, 2.05) is 0 Å². The Bertz CT molecular complexity index is 826. The molecule has 10 atom stereocenters. The third-order valence-electron chi connectivity index (χ3n) is 11.3. The van der Waals surface area contributed by atoms with Crippen molar-refractivity contribution in [2.45, 2.75) is 97.4 Å². The quantitative estimate of drug-likeness (QED) is 0.381. The van der Waals surface area contributed by atoms with Crippen molar-refractivity contribution in [3.63, 3.8) is 0 Å². The average molecular weight is 492 g/mol. The highest BCUT2D eigenvalue weighted by Crippen LogP contribution is 2.71. The van der Waals surface area contributed by atoms with Gasteiger partial charge in [0.15, 0.2) is 11.6 Å². The summed E-state index contributed by atoms with van der Waals surface area (Å²) in [5, 5.41) is 0. The van der Waals surface area contributed by atoms with Crippen LogP contribution in [0.15, 0.2) is 10.1 Å². The van der Waals surface area contributed by atoms with Gasteiger partial charge >= 0.3 is 0 Å². The number of carbonyl (C=O) groups excluding carboxylic acids is 1. The molecule has 1 unspecified atom stereocenters. The molecule has 0 amide bonds. The van der Waals surface area contributed by atoms with E-state index < -0.39 is 0 Å². The van der Waals surface area contributed by atoms with Crippen LogP contribution in [0.25, 0.3) is 0 Å². The van der Waals surface area contributed by atoms with Gasteiger partial charge in [0.1, 0.15) is 0 Å². The topological polar surface area (TPSA) is 35.5 Å². The van der Waals surface area contributed by atoms with Gasteiger partial charge in [-0.25, -0.2) is 0 Å². The van der Waals surface area contributed by atoms with E-state index in [1.54, 1.807) is 0 Å². The molecule has 6 rings (SSSR count). The van der Waals surface area contributed by atoms with Crippen molar-refractivity contribution < 1.29 is 14.3 Å². The minimum Gasteiger partial charge on any atom is -0.349 e. The summed E-state index contributed by atoms with van der Waals surface area (Å²) < 4.78 is 14.3. The van der Waals surface area contributed by atoms with Gasteiger partial charge in [-0.1, -0.05) is 27.7 Å². The molecule has 0 bridgehead atoms. The van der Waals surface area contributed by atoms with Crippen LogP contribution in [-0.4, -0.2) is 24.3 Å². The third-order valence-corrected chi connectivity index (χ3v) is 12.2. The number of Topliss-reactive ketones (excluding diaryl/α,β-unsaturated/α-hetero) is 1. The molecule has 0 radical (unpaired) electrons. The lowest BCUT2D eigenvalue weighted by atomic mass is 9.46. The molecule has 172 valence electrons. The number of ether oxygens (including phenoxy) is 2. The van der Waals surface area contributed by atoms with Crippen LogP contribution in [0.4, 0.5) is 0 Å². The lowest BCUT2D eigenvalue weighted by molar-refractivity contribution is -0.272. The Balaban J connectivity index is 1.29. The normalized spacial score (nSPS) is 56.3. The summed E-state index contributed by atoms with van der Waals surface area (Å²) in [7, 11) is 0. The Kier molecular flexibility index (Phi) is 4.76. The van der Waals surface area contributed by atoms with Gasteiger partial charge in [-0.05, 0) is 107 Å². The van der Waals surface area contributed by atoms with Gasteiger partial charge in [0.25, 0.3) is 0 Å². The smallest absolute Gasteiger partial charge is 0.171 e. The summed E-state index contributed by atoms with van der Waals surface area (Å²) in [5.74, 6) is 4.08. The van der Waals surface area contributed by atoms with E-state index in [9.17, 15) is 4.79 Å². The van der Waals surface area contributed by atoms with E-state index in [2.05, 4.69) is 43.6 Å². The zero-order valence-corrected chi connectivity index (χ0v) is 21.3. The van der Waals surface area contributed by atoms with Gasteiger partial charge in [0.2, 0.25) is 0 Å². The molecule has 5 fully saturated rings. The number of halogens is 1.